The SMILES string of the molecule is CC1=CCCN(S(=O)(=O)c2ccc(CO)o2)C1. The molecule has 2 rings (SSSR count). The number of hydrogen-bond donors (Lipinski definition) is 1. The monoisotopic (exact) mass is 257 g/mol. The van der Waals surface area contributed by atoms with E-state index in [0.29, 0.717) is 13.1 Å². The first-order valence-electron chi connectivity index (χ1n) is 5.39. The maximum absolute atomic E-state index is 12.2. The Morgan fingerprint density at radius 2 is 2.24 bits per heavy atom. The van der Waals surface area contributed by atoms with Gasteiger partial charge in [0.1, 0.15) is 12.4 Å². The molecule has 0 aliphatic carbocycles. The number of sulfonamides is 1. The molecule has 0 aromatic carbocycles. The van der Waals surface area contributed by atoms with Gasteiger partial charge in [-0.2, -0.15) is 4.31 Å². The summed E-state index contributed by atoms with van der Waals surface area (Å²) in [4.78, 5) is 0. The Balaban J connectivity index is 2.27. The summed E-state index contributed by atoms with van der Waals surface area (Å²) in [5.41, 5.74) is 1.04. The minimum Gasteiger partial charge on any atom is -0.446 e. The molecule has 17 heavy (non-hydrogen) atoms. The lowest BCUT2D eigenvalue weighted by atomic mass is 10.2. The highest BCUT2D eigenvalue weighted by Gasteiger charge is 2.28. The number of nitrogens with zero attached hydrogens (tertiary/aromatic N) is 1. The summed E-state index contributed by atoms with van der Waals surface area (Å²) in [6, 6.07) is 2.86. The van der Waals surface area contributed by atoms with Gasteiger partial charge in [0.2, 0.25) is 5.09 Å². The Bertz CT molecular complexity index is 529. The second kappa shape index (κ2) is 4.64. The molecule has 0 unspecified atom stereocenters. The molecule has 0 radical (unpaired) electrons. The van der Waals surface area contributed by atoms with Gasteiger partial charge in [-0.3, -0.25) is 0 Å². The van der Waals surface area contributed by atoms with Crippen LogP contribution in [0.4, 0.5) is 0 Å². The standard InChI is InChI=1S/C11H15NO4S/c1-9-3-2-6-12(7-9)17(14,15)11-5-4-10(8-13)16-11/h3-5,13H,2,6-8H2,1H3. The lowest BCUT2D eigenvalue weighted by Crippen LogP contribution is -2.35. The summed E-state index contributed by atoms with van der Waals surface area (Å²) in [6.45, 7) is 2.48. The fourth-order valence-corrected chi connectivity index (χ4v) is 3.22. The molecule has 94 valence electrons. The van der Waals surface area contributed by atoms with E-state index in [0.717, 1.165) is 12.0 Å². The maximum Gasteiger partial charge on any atom is 0.276 e. The van der Waals surface area contributed by atoms with Gasteiger partial charge in [-0.1, -0.05) is 11.6 Å². The van der Waals surface area contributed by atoms with E-state index in [1.54, 1.807) is 0 Å². The molecule has 0 bridgehead atoms. The topological polar surface area (TPSA) is 70.8 Å². The quantitative estimate of drug-likeness (QED) is 0.823. The van der Waals surface area contributed by atoms with Crippen LogP contribution < -0.4 is 0 Å². The van der Waals surface area contributed by atoms with E-state index < -0.39 is 10.0 Å². The molecule has 2 heterocycles. The normalized spacial score (nSPS) is 18.1. The van der Waals surface area contributed by atoms with E-state index in [1.807, 2.05) is 13.0 Å². The maximum atomic E-state index is 12.2. The summed E-state index contributed by atoms with van der Waals surface area (Å²) < 4.78 is 30.8. The van der Waals surface area contributed by atoms with Crippen LogP contribution in [0.25, 0.3) is 0 Å². The Morgan fingerprint density at radius 1 is 1.47 bits per heavy atom. The van der Waals surface area contributed by atoms with E-state index in [4.69, 9.17) is 9.52 Å². The highest BCUT2D eigenvalue weighted by molar-refractivity contribution is 7.89. The Labute approximate surface area is 100 Å². The van der Waals surface area contributed by atoms with Crippen molar-refractivity contribution in [2.75, 3.05) is 13.1 Å². The molecule has 1 aromatic heterocycles. The molecule has 6 heteroatoms. The zero-order valence-corrected chi connectivity index (χ0v) is 10.4. The van der Waals surface area contributed by atoms with Crippen molar-refractivity contribution in [3.63, 3.8) is 0 Å². The lowest BCUT2D eigenvalue weighted by Gasteiger charge is -2.24. The van der Waals surface area contributed by atoms with E-state index >= 15 is 0 Å². The molecular formula is C11H15NO4S. The highest BCUT2D eigenvalue weighted by Crippen LogP contribution is 2.22. The molecule has 1 aliphatic rings. The summed E-state index contributed by atoms with van der Waals surface area (Å²) in [7, 11) is -3.57. The van der Waals surface area contributed by atoms with Gasteiger partial charge in [0.05, 0.1) is 0 Å². The Kier molecular flexibility index (Phi) is 3.37. The number of aliphatic hydroxyl groups is 1. The second-order valence-electron chi connectivity index (χ2n) is 4.06. The first-order valence-corrected chi connectivity index (χ1v) is 6.83. The fourth-order valence-electron chi connectivity index (χ4n) is 1.79. The van der Waals surface area contributed by atoms with Gasteiger partial charge in [0.25, 0.3) is 10.0 Å². The Hall–Kier alpha value is -1.11. The third kappa shape index (κ3) is 2.43. The van der Waals surface area contributed by atoms with Crippen LogP contribution in [0.5, 0.6) is 0 Å². The molecule has 1 aliphatic heterocycles. The summed E-state index contributed by atoms with van der Waals surface area (Å²) >= 11 is 0. The van der Waals surface area contributed by atoms with Gasteiger partial charge in [-0.15, -0.1) is 0 Å². The minimum atomic E-state index is -3.57. The van der Waals surface area contributed by atoms with Gasteiger partial charge >= 0.3 is 0 Å². The van der Waals surface area contributed by atoms with E-state index in [9.17, 15) is 8.42 Å². The van der Waals surface area contributed by atoms with Gasteiger partial charge in [-0.05, 0) is 25.5 Å². The molecule has 0 saturated carbocycles. The largest absolute Gasteiger partial charge is 0.446 e. The van der Waals surface area contributed by atoms with Gasteiger partial charge in [-0.25, -0.2) is 8.42 Å². The first kappa shape index (κ1) is 12.3. The van der Waals surface area contributed by atoms with Crippen LogP contribution in [0.2, 0.25) is 0 Å². The van der Waals surface area contributed by atoms with Crippen molar-refractivity contribution in [3.05, 3.63) is 29.5 Å². The highest BCUT2D eigenvalue weighted by atomic mass is 32.2. The molecule has 0 fully saturated rings. The molecule has 5 nitrogen and oxygen atoms in total. The summed E-state index contributed by atoms with van der Waals surface area (Å²) in [5.74, 6) is 0.257. The van der Waals surface area contributed by atoms with Crippen LogP contribution in [0, 0.1) is 0 Å². The molecule has 1 aromatic rings. The van der Waals surface area contributed by atoms with Crippen LogP contribution in [-0.2, 0) is 16.6 Å². The molecule has 1 N–H and O–H groups in total. The predicted octanol–water partition coefficient (Wildman–Crippen LogP) is 1.11. The molecule has 0 saturated heterocycles. The van der Waals surface area contributed by atoms with Crippen LogP contribution in [0.3, 0.4) is 0 Å². The van der Waals surface area contributed by atoms with Crippen molar-refractivity contribution < 1.29 is 17.9 Å². The van der Waals surface area contributed by atoms with Crippen LogP contribution >= 0.6 is 0 Å². The third-order valence-electron chi connectivity index (χ3n) is 2.68. The number of rotatable bonds is 3. The summed E-state index contributed by atoms with van der Waals surface area (Å²) in [5, 5.41) is 8.76. The smallest absolute Gasteiger partial charge is 0.276 e. The van der Waals surface area contributed by atoms with Crippen molar-refractivity contribution >= 4 is 10.0 Å². The number of furan rings is 1. The average Bonchev–Trinajstić information content (AvgIpc) is 2.78. The van der Waals surface area contributed by atoms with Crippen molar-refractivity contribution in [1.29, 1.82) is 0 Å². The minimum absolute atomic E-state index is 0.101. The zero-order chi connectivity index (χ0) is 12.5. The van der Waals surface area contributed by atoms with Crippen LogP contribution in [-0.4, -0.2) is 30.9 Å². The van der Waals surface area contributed by atoms with E-state index in [1.165, 1.54) is 16.4 Å². The van der Waals surface area contributed by atoms with E-state index in [2.05, 4.69) is 0 Å². The van der Waals surface area contributed by atoms with E-state index in [-0.39, 0.29) is 17.5 Å². The van der Waals surface area contributed by atoms with Crippen LogP contribution in [0.1, 0.15) is 19.1 Å². The van der Waals surface area contributed by atoms with Crippen molar-refractivity contribution in [1.82, 2.24) is 4.31 Å². The molecular weight excluding hydrogens is 242 g/mol. The second-order valence-corrected chi connectivity index (χ2v) is 5.93. The van der Waals surface area contributed by atoms with Crippen molar-refractivity contribution in [2.24, 2.45) is 0 Å². The van der Waals surface area contributed by atoms with Gasteiger partial charge in [0.15, 0.2) is 0 Å². The lowest BCUT2D eigenvalue weighted by molar-refractivity contribution is 0.235. The first-order chi connectivity index (χ1) is 8.04. The average molecular weight is 257 g/mol. The predicted molar refractivity (Wildman–Crippen MR) is 61.8 cm³/mol. The number of aliphatic hydroxyl groups excluding tert-OH is 1. The molecule has 0 atom stereocenters. The number of hydrogen-bond acceptors (Lipinski definition) is 4. The van der Waals surface area contributed by atoms with Crippen LogP contribution in [0.15, 0.2) is 33.3 Å². The fraction of sp³-hybridized carbons (Fsp3) is 0.455. The molecule has 0 amide bonds. The van der Waals surface area contributed by atoms with Gasteiger partial charge in [0, 0.05) is 13.1 Å². The molecule has 0 spiro atoms. The zero-order valence-electron chi connectivity index (χ0n) is 9.59. The summed E-state index contributed by atoms with van der Waals surface area (Å²) in [6.07, 6.45) is 2.76. The van der Waals surface area contributed by atoms with Crippen molar-refractivity contribution in [3.8, 4) is 0 Å². The third-order valence-corrected chi connectivity index (χ3v) is 4.40. The Morgan fingerprint density at radius 3 is 2.82 bits per heavy atom. The van der Waals surface area contributed by atoms with Gasteiger partial charge < -0.3 is 9.52 Å². The van der Waals surface area contributed by atoms with Crippen molar-refractivity contribution in [2.45, 2.75) is 25.0 Å².